The standard InChI is InChI=1S/C32H40FN3O5Si/c1-21-30(42(2,3)33)27(18-29(39)35-16-6-8-24(35)20-37)41-32(21)25-9-4-5-10-26(25)36(31(32)40)19-22-12-14-23(15-13-22)34-17-7-11-28(34)38/h4-5,9-10,12-15,21,24,27,30,37H,6-8,11,16-20H2,1-3H3/t21-,24-,27+,30-,32+/m0/s1. The number of halogens is 1. The zero-order valence-corrected chi connectivity index (χ0v) is 25.6. The number of carbonyl (C=O) groups is 3. The Hall–Kier alpha value is -3.08. The number of aliphatic hydroxyl groups excluding tert-OH is 1. The van der Waals surface area contributed by atoms with E-state index in [9.17, 15) is 19.5 Å². The molecule has 4 aliphatic heterocycles. The van der Waals surface area contributed by atoms with Gasteiger partial charge < -0.3 is 28.7 Å². The Morgan fingerprint density at radius 1 is 1.10 bits per heavy atom. The molecule has 4 aliphatic rings. The topological polar surface area (TPSA) is 90.4 Å². The van der Waals surface area contributed by atoms with Crippen LogP contribution in [0.3, 0.4) is 0 Å². The summed E-state index contributed by atoms with van der Waals surface area (Å²) in [6, 6.07) is 15.0. The molecule has 2 aromatic carbocycles. The largest absolute Gasteiger partial charge is 0.394 e. The van der Waals surface area contributed by atoms with E-state index in [1.807, 2.05) is 55.5 Å². The number of anilines is 2. The summed E-state index contributed by atoms with van der Waals surface area (Å²) in [7, 11) is -3.40. The number of hydrogen-bond donors (Lipinski definition) is 1. The molecule has 1 spiro atoms. The minimum atomic E-state index is -3.40. The summed E-state index contributed by atoms with van der Waals surface area (Å²) in [5.74, 6) is -0.741. The van der Waals surface area contributed by atoms with E-state index in [0.717, 1.165) is 41.8 Å². The number of likely N-dealkylation sites (tertiary alicyclic amines) is 1. The van der Waals surface area contributed by atoms with Crippen molar-refractivity contribution in [3.05, 3.63) is 59.7 Å². The number of ether oxygens (including phenoxy) is 1. The van der Waals surface area contributed by atoms with Crippen molar-refractivity contribution < 1.29 is 28.3 Å². The lowest BCUT2D eigenvalue weighted by atomic mass is 9.82. The predicted molar refractivity (Wildman–Crippen MR) is 160 cm³/mol. The first-order valence-electron chi connectivity index (χ1n) is 15.1. The van der Waals surface area contributed by atoms with Crippen LogP contribution in [0.25, 0.3) is 0 Å². The molecular formula is C32H40FN3O5Si. The Labute approximate surface area is 247 Å². The molecule has 3 fully saturated rings. The maximum absolute atomic E-state index is 16.1. The van der Waals surface area contributed by atoms with Crippen molar-refractivity contribution in [3.63, 3.8) is 0 Å². The van der Waals surface area contributed by atoms with Crippen LogP contribution in [0.2, 0.25) is 18.6 Å². The summed E-state index contributed by atoms with van der Waals surface area (Å²) in [5.41, 5.74) is 1.26. The molecule has 0 unspecified atom stereocenters. The van der Waals surface area contributed by atoms with Crippen LogP contribution in [0.5, 0.6) is 0 Å². The van der Waals surface area contributed by atoms with Gasteiger partial charge >= 0.3 is 0 Å². The highest BCUT2D eigenvalue weighted by molar-refractivity contribution is 6.72. The number of para-hydroxylation sites is 1. The highest BCUT2D eigenvalue weighted by Crippen LogP contribution is 2.60. The summed E-state index contributed by atoms with van der Waals surface area (Å²) in [5, 5.41) is 9.77. The van der Waals surface area contributed by atoms with Gasteiger partial charge in [0.15, 0.2) is 5.60 Å². The van der Waals surface area contributed by atoms with Crippen LogP contribution in [0.4, 0.5) is 15.5 Å². The van der Waals surface area contributed by atoms with E-state index in [0.29, 0.717) is 26.1 Å². The Bertz CT molecular complexity index is 1380. The molecule has 10 heteroatoms. The first-order valence-corrected chi connectivity index (χ1v) is 18.1. The van der Waals surface area contributed by atoms with Gasteiger partial charge in [-0.25, -0.2) is 0 Å². The fourth-order valence-corrected chi connectivity index (χ4v) is 10.4. The van der Waals surface area contributed by atoms with Crippen molar-refractivity contribution in [2.45, 2.75) is 82.0 Å². The van der Waals surface area contributed by atoms with Gasteiger partial charge in [-0.15, -0.1) is 0 Å². The Morgan fingerprint density at radius 2 is 1.83 bits per heavy atom. The van der Waals surface area contributed by atoms with Crippen LogP contribution in [-0.4, -0.2) is 68.0 Å². The van der Waals surface area contributed by atoms with Crippen LogP contribution < -0.4 is 9.80 Å². The molecule has 4 heterocycles. The van der Waals surface area contributed by atoms with Gasteiger partial charge in [0.05, 0.1) is 37.4 Å². The lowest BCUT2D eigenvalue weighted by Gasteiger charge is -2.31. The van der Waals surface area contributed by atoms with Gasteiger partial charge in [-0.1, -0.05) is 37.3 Å². The zero-order chi connectivity index (χ0) is 29.8. The molecule has 5 atom stereocenters. The molecule has 2 aromatic rings. The number of benzene rings is 2. The Balaban J connectivity index is 1.30. The fourth-order valence-electron chi connectivity index (χ4n) is 7.89. The third-order valence-corrected chi connectivity index (χ3v) is 12.3. The van der Waals surface area contributed by atoms with Gasteiger partial charge in [0.25, 0.3) is 5.91 Å². The van der Waals surface area contributed by atoms with E-state index in [4.69, 9.17) is 4.74 Å². The van der Waals surface area contributed by atoms with Crippen LogP contribution in [0.15, 0.2) is 48.5 Å². The first-order chi connectivity index (χ1) is 20.1. The second-order valence-electron chi connectivity index (χ2n) is 12.8. The number of nitrogens with zero attached hydrogens (tertiary/aromatic N) is 3. The highest BCUT2D eigenvalue weighted by atomic mass is 28.4. The molecule has 0 bridgehead atoms. The smallest absolute Gasteiger partial charge is 0.264 e. The van der Waals surface area contributed by atoms with Crippen molar-refractivity contribution in [1.29, 1.82) is 0 Å². The number of carbonyl (C=O) groups excluding carboxylic acids is 3. The minimum absolute atomic E-state index is 0.0142. The van der Waals surface area contributed by atoms with Crippen molar-refractivity contribution >= 4 is 37.5 Å². The van der Waals surface area contributed by atoms with Gasteiger partial charge in [0, 0.05) is 42.2 Å². The molecule has 6 rings (SSSR count). The number of aliphatic hydroxyl groups is 1. The molecule has 0 saturated carbocycles. The molecule has 0 aliphatic carbocycles. The van der Waals surface area contributed by atoms with E-state index in [1.54, 1.807) is 27.8 Å². The lowest BCUT2D eigenvalue weighted by Crippen LogP contribution is -2.45. The van der Waals surface area contributed by atoms with Crippen LogP contribution >= 0.6 is 0 Å². The van der Waals surface area contributed by atoms with Crippen LogP contribution in [-0.2, 0) is 31.3 Å². The van der Waals surface area contributed by atoms with Gasteiger partial charge in [-0.2, -0.15) is 0 Å². The maximum Gasteiger partial charge on any atom is 0.264 e. The summed E-state index contributed by atoms with van der Waals surface area (Å²) in [6.45, 7) is 6.66. The van der Waals surface area contributed by atoms with E-state index < -0.39 is 31.6 Å². The van der Waals surface area contributed by atoms with Gasteiger partial charge in [-0.05, 0) is 56.1 Å². The SMILES string of the molecule is C[C@H]1[C@H]([Si](C)(C)F)[C@@H](CC(=O)N2CCC[C@H]2CO)O[C@]12C(=O)N(Cc1ccc(N3CCCC3=O)cc1)c1ccccc12. The third kappa shape index (κ3) is 4.68. The second-order valence-corrected chi connectivity index (χ2v) is 16.6. The quantitative estimate of drug-likeness (QED) is 0.377. The van der Waals surface area contributed by atoms with Crippen LogP contribution in [0.1, 0.15) is 50.2 Å². The normalized spacial score (nSPS) is 29.3. The van der Waals surface area contributed by atoms with E-state index in [1.165, 1.54) is 0 Å². The van der Waals surface area contributed by atoms with Crippen LogP contribution in [0, 0.1) is 5.92 Å². The summed E-state index contributed by atoms with van der Waals surface area (Å²) in [4.78, 5) is 45.3. The third-order valence-electron chi connectivity index (χ3n) is 9.81. The lowest BCUT2D eigenvalue weighted by molar-refractivity contribution is -0.150. The fraction of sp³-hybridized carbons (Fsp3) is 0.531. The number of rotatable bonds is 7. The van der Waals surface area contributed by atoms with Crippen molar-refractivity contribution in [2.75, 3.05) is 29.5 Å². The molecule has 42 heavy (non-hydrogen) atoms. The predicted octanol–water partition coefficient (Wildman–Crippen LogP) is 4.51. The van der Waals surface area contributed by atoms with E-state index in [-0.39, 0.29) is 36.8 Å². The van der Waals surface area contributed by atoms with Crippen molar-refractivity contribution in [3.8, 4) is 0 Å². The first kappa shape index (κ1) is 29.0. The molecule has 3 amide bonds. The average Bonchev–Trinajstić information content (AvgIpc) is 3.72. The van der Waals surface area contributed by atoms with Crippen molar-refractivity contribution in [2.24, 2.45) is 5.92 Å². The molecular weight excluding hydrogens is 553 g/mol. The summed E-state index contributed by atoms with van der Waals surface area (Å²) in [6.07, 6.45) is 2.23. The van der Waals surface area contributed by atoms with Gasteiger partial charge in [0.2, 0.25) is 20.2 Å². The molecule has 0 aromatic heterocycles. The van der Waals surface area contributed by atoms with Gasteiger partial charge in [-0.3, -0.25) is 14.4 Å². The summed E-state index contributed by atoms with van der Waals surface area (Å²) < 4.78 is 22.8. The maximum atomic E-state index is 16.1. The molecule has 224 valence electrons. The number of hydrogen-bond acceptors (Lipinski definition) is 5. The second kappa shape index (κ2) is 10.9. The molecule has 0 radical (unpaired) electrons. The Kier molecular flexibility index (Phi) is 7.51. The highest BCUT2D eigenvalue weighted by Gasteiger charge is 2.67. The monoisotopic (exact) mass is 593 g/mol. The zero-order valence-electron chi connectivity index (χ0n) is 24.6. The minimum Gasteiger partial charge on any atom is -0.394 e. The molecule has 8 nitrogen and oxygen atoms in total. The van der Waals surface area contributed by atoms with E-state index >= 15 is 4.11 Å². The van der Waals surface area contributed by atoms with Gasteiger partial charge in [0.1, 0.15) is 0 Å². The number of amides is 3. The Morgan fingerprint density at radius 3 is 2.50 bits per heavy atom. The molecule has 3 saturated heterocycles. The van der Waals surface area contributed by atoms with E-state index in [2.05, 4.69) is 0 Å². The molecule has 1 N–H and O–H groups in total. The number of fused-ring (bicyclic) bond motifs is 2. The van der Waals surface area contributed by atoms with Crippen molar-refractivity contribution in [1.82, 2.24) is 4.90 Å². The average molecular weight is 594 g/mol. The summed E-state index contributed by atoms with van der Waals surface area (Å²) >= 11 is 0.